The molecule has 0 radical (unpaired) electrons. The van der Waals surface area contributed by atoms with Gasteiger partial charge < -0.3 is 9.80 Å². The lowest BCUT2D eigenvalue weighted by Gasteiger charge is -2.33. The molecule has 1 saturated heterocycles. The van der Waals surface area contributed by atoms with Crippen molar-refractivity contribution in [3.05, 3.63) is 34.0 Å². The zero-order valence-corrected chi connectivity index (χ0v) is 17.6. The molecular weight excluding hydrogens is 397 g/mol. The maximum Gasteiger partial charge on any atom is 0.228 e. The van der Waals surface area contributed by atoms with Crippen molar-refractivity contribution in [2.24, 2.45) is 0 Å². The summed E-state index contributed by atoms with van der Waals surface area (Å²) in [5.74, 6) is -0.0813. The van der Waals surface area contributed by atoms with E-state index in [1.807, 2.05) is 28.6 Å². The average Bonchev–Trinajstić information content (AvgIpc) is 3.47. The van der Waals surface area contributed by atoms with Gasteiger partial charge in [-0.1, -0.05) is 18.3 Å². The van der Waals surface area contributed by atoms with Crippen molar-refractivity contribution >= 4 is 40.3 Å². The highest BCUT2D eigenvalue weighted by molar-refractivity contribution is 7.73. The molecule has 1 aliphatic heterocycles. The molecule has 1 amide bonds. The smallest absolute Gasteiger partial charge is 0.228 e. The normalized spacial score (nSPS) is 17.7. The van der Waals surface area contributed by atoms with Crippen molar-refractivity contribution in [2.75, 3.05) is 36.0 Å². The number of hydrogen-bond acceptors (Lipinski definition) is 5. The number of hydrogen-bond donors (Lipinski definition) is 1. The highest BCUT2D eigenvalue weighted by Crippen LogP contribution is 2.33. The first-order chi connectivity index (χ1) is 13.5. The maximum atomic E-state index is 13.1. The molecule has 2 aromatic rings. The number of quaternary nitrogens is 1. The van der Waals surface area contributed by atoms with Gasteiger partial charge >= 0.3 is 0 Å². The third-order valence-corrected chi connectivity index (χ3v) is 6.63. The van der Waals surface area contributed by atoms with Crippen molar-refractivity contribution in [1.82, 2.24) is 9.78 Å². The molecule has 1 saturated carbocycles. The van der Waals surface area contributed by atoms with E-state index in [0.717, 1.165) is 53.8 Å². The fourth-order valence-corrected chi connectivity index (χ4v) is 4.75. The molecule has 1 aromatic carbocycles. The summed E-state index contributed by atoms with van der Waals surface area (Å²) in [6.45, 7) is 6.35. The van der Waals surface area contributed by atoms with Crippen LogP contribution >= 0.6 is 23.6 Å². The van der Waals surface area contributed by atoms with Crippen LogP contribution in [-0.4, -0.2) is 47.9 Å². The number of piperazine rings is 1. The van der Waals surface area contributed by atoms with Gasteiger partial charge in [0.2, 0.25) is 11.0 Å². The second kappa shape index (κ2) is 8.26. The fraction of sp³-hybridized carbons (Fsp3) is 0.526. The number of anilines is 2. The number of carbonyl (C=O) groups excluding carboxylic acids is 1. The van der Waals surface area contributed by atoms with E-state index in [0.29, 0.717) is 19.1 Å². The van der Waals surface area contributed by atoms with Gasteiger partial charge in [0.05, 0.1) is 26.2 Å². The summed E-state index contributed by atoms with van der Waals surface area (Å²) in [6.07, 6.45) is 2.59. The predicted octanol–water partition coefficient (Wildman–Crippen LogP) is 2.08. The fourth-order valence-electron chi connectivity index (χ4n) is 3.57. The van der Waals surface area contributed by atoms with Gasteiger partial charge in [-0.25, -0.2) is 4.39 Å². The van der Waals surface area contributed by atoms with Gasteiger partial charge in [-0.15, -0.1) is 5.10 Å². The Kier molecular flexibility index (Phi) is 5.75. The molecule has 0 unspecified atom stereocenters. The van der Waals surface area contributed by atoms with Crippen LogP contribution in [-0.2, 0) is 11.5 Å². The zero-order valence-electron chi connectivity index (χ0n) is 15.9. The molecule has 0 spiro atoms. The van der Waals surface area contributed by atoms with Crippen LogP contribution in [0.3, 0.4) is 0 Å². The molecule has 0 bridgehead atoms. The number of halogens is 1. The molecule has 150 valence electrons. The zero-order chi connectivity index (χ0) is 19.7. The summed E-state index contributed by atoms with van der Waals surface area (Å²) in [7, 11) is 0. The summed E-state index contributed by atoms with van der Waals surface area (Å²) < 4.78 is 15.7. The number of nitrogens with zero attached hydrogens (tertiary/aromatic N) is 4. The molecule has 2 aliphatic rings. The highest BCUT2D eigenvalue weighted by Gasteiger charge is 2.35. The summed E-state index contributed by atoms with van der Waals surface area (Å²) in [5.41, 5.74) is 1.06. The first-order valence-electron chi connectivity index (χ1n) is 9.79. The largest absolute Gasteiger partial charge is 0.360 e. The minimum atomic E-state index is -0.205. The molecular formula is C19H25FN5OS2+. The highest BCUT2D eigenvalue weighted by atomic mass is 32.1. The van der Waals surface area contributed by atoms with Gasteiger partial charge in [0.25, 0.3) is 0 Å². The van der Waals surface area contributed by atoms with Crippen LogP contribution in [0.2, 0.25) is 0 Å². The summed E-state index contributed by atoms with van der Waals surface area (Å²) in [4.78, 5) is 17.8. The van der Waals surface area contributed by atoms with Crippen LogP contribution < -0.4 is 14.7 Å². The molecule has 1 aliphatic carbocycles. The number of benzene rings is 1. The Hall–Kier alpha value is -1.84. The lowest BCUT2D eigenvalue weighted by Crippen LogP contribution is -3.14. The van der Waals surface area contributed by atoms with E-state index in [1.165, 1.54) is 28.4 Å². The Morgan fingerprint density at radius 2 is 2.00 bits per heavy atom. The minimum Gasteiger partial charge on any atom is -0.360 e. The van der Waals surface area contributed by atoms with E-state index in [9.17, 15) is 9.18 Å². The second-order valence-corrected chi connectivity index (χ2v) is 8.97. The molecule has 9 heteroatoms. The van der Waals surface area contributed by atoms with Gasteiger partial charge in [0.1, 0.15) is 5.82 Å². The number of aromatic nitrogens is 2. The third-order valence-electron chi connectivity index (χ3n) is 5.32. The second-order valence-electron chi connectivity index (χ2n) is 7.37. The third kappa shape index (κ3) is 4.26. The lowest BCUT2D eigenvalue weighted by atomic mass is 10.2. The summed E-state index contributed by atoms with van der Waals surface area (Å²) in [6, 6.07) is 6.98. The van der Waals surface area contributed by atoms with Crippen molar-refractivity contribution in [3.8, 4) is 0 Å². The van der Waals surface area contributed by atoms with Gasteiger partial charge in [0.15, 0.2) is 10.6 Å². The number of rotatable bonds is 6. The SMILES string of the molecule is CCC(=O)N(c1nn(C[NH+]2CCN(c3ccc(F)cc3)CC2)c(=S)s1)C1CC1. The molecule has 1 aromatic heterocycles. The summed E-state index contributed by atoms with van der Waals surface area (Å²) >= 11 is 6.96. The average molecular weight is 423 g/mol. The first kappa shape index (κ1) is 19.5. The molecule has 6 nitrogen and oxygen atoms in total. The van der Waals surface area contributed by atoms with Crippen LogP contribution in [0.4, 0.5) is 15.2 Å². The molecule has 2 heterocycles. The van der Waals surface area contributed by atoms with Crippen molar-refractivity contribution < 1.29 is 14.1 Å². The summed E-state index contributed by atoms with van der Waals surface area (Å²) in [5, 5.41) is 5.42. The van der Waals surface area contributed by atoms with E-state index in [4.69, 9.17) is 12.2 Å². The molecule has 1 N–H and O–H groups in total. The van der Waals surface area contributed by atoms with Gasteiger partial charge in [0, 0.05) is 18.2 Å². The van der Waals surface area contributed by atoms with Crippen molar-refractivity contribution in [1.29, 1.82) is 0 Å². The Bertz CT molecular complexity index is 884. The Labute approximate surface area is 173 Å². The minimum absolute atomic E-state index is 0.124. The van der Waals surface area contributed by atoms with Crippen molar-refractivity contribution in [3.63, 3.8) is 0 Å². The van der Waals surface area contributed by atoms with E-state index >= 15 is 0 Å². The number of carbonyl (C=O) groups is 1. The Morgan fingerprint density at radius 3 is 2.61 bits per heavy atom. The monoisotopic (exact) mass is 422 g/mol. The van der Waals surface area contributed by atoms with Crippen LogP contribution in [0, 0.1) is 9.77 Å². The first-order valence-corrected chi connectivity index (χ1v) is 11.0. The van der Waals surface area contributed by atoms with E-state index < -0.39 is 0 Å². The van der Waals surface area contributed by atoms with Gasteiger partial charge in [-0.05, 0) is 49.3 Å². The Balaban J connectivity index is 1.39. The van der Waals surface area contributed by atoms with Crippen LogP contribution in [0.25, 0.3) is 0 Å². The number of amides is 1. The van der Waals surface area contributed by atoms with E-state index in [2.05, 4.69) is 10.00 Å². The van der Waals surface area contributed by atoms with Gasteiger partial charge in [-0.3, -0.25) is 9.69 Å². The van der Waals surface area contributed by atoms with E-state index in [-0.39, 0.29) is 11.7 Å². The molecule has 2 fully saturated rings. The predicted molar refractivity (Wildman–Crippen MR) is 111 cm³/mol. The quantitative estimate of drug-likeness (QED) is 0.724. The van der Waals surface area contributed by atoms with Crippen molar-refractivity contribution in [2.45, 2.75) is 38.9 Å². The Morgan fingerprint density at radius 1 is 1.32 bits per heavy atom. The van der Waals surface area contributed by atoms with Gasteiger partial charge in [-0.2, -0.15) is 4.68 Å². The molecule has 0 atom stereocenters. The topological polar surface area (TPSA) is 45.8 Å². The molecule has 4 rings (SSSR count). The van der Waals surface area contributed by atoms with Crippen LogP contribution in [0.1, 0.15) is 26.2 Å². The standard InChI is InChI=1S/C19H24FN5OS2/c1-2-17(26)25(16-7-8-16)18-21-24(19(27)28-18)13-22-9-11-23(12-10-22)15-5-3-14(20)4-6-15/h3-6,16H,2,7-13H2,1H3/p+1. The molecule has 28 heavy (non-hydrogen) atoms. The van der Waals surface area contributed by atoms with E-state index in [1.54, 1.807) is 0 Å². The maximum absolute atomic E-state index is 13.1. The lowest BCUT2D eigenvalue weighted by molar-refractivity contribution is -0.924. The van der Waals surface area contributed by atoms with Crippen LogP contribution in [0.15, 0.2) is 24.3 Å². The van der Waals surface area contributed by atoms with Crippen LogP contribution in [0.5, 0.6) is 0 Å². The number of nitrogens with one attached hydrogen (secondary N) is 1.